The van der Waals surface area contributed by atoms with Gasteiger partial charge < -0.3 is 19.9 Å². The van der Waals surface area contributed by atoms with Crippen LogP contribution in [0.25, 0.3) is 6.08 Å². The van der Waals surface area contributed by atoms with Gasteiger partial charge in [-0.1, -0.05) is 36.8 Å². The number of methoxy groups -OCH3 is 1. The number of anilines is 3. The van der Waals surface area contributed by atoms with Crippen molar-refractivity contribution in [3.8, 4) is 5.75 Å². The van der Waals surface area contributed by atoms with E-state index in [2.05, 4.69) is 18.3 Å². The molecule has 3 aromatic rings. The van der Waals surface area contributed by atoms with Gasteiger partial charge in [-0.25, -0.2) is 0 Å². The van der Waals surface area contributed by atoms with Crippen molar-refractivity contribution in [1.82, 2.24) is 0 Å². The Balaban J connectivity index is 1.19. The molecule has 234 valence electrons. The summed E-state index contributed by atoms with van der Waals surface area (Å²) in [7, 11) is 1.68. The molecule has 3 aliphatic rings. The normalized spacial score (nSPS) is 23.0. The minimum Gasteiger partial charge on any atom is -0.507 e. The monoisotopic (exact) mass is 606 g/mol. The molecule has 0 aromatic heterocycles. The van der Waals surface area contributed by atoms with Crippen LogP contribution in [0.2, 0.25) is 0 Å². The molecule has 0 bridgehead atoms. The number of benzene rings is 3. The summed E-state index contributed by atoms with van der Waals surface area (Å²) in [6, 6.07) is 21.4. The van der Waals surface area contributed by atoms with Crippen molar-refractivity contribution in [2.75, 3.05) is 30.5 Å². The van der Waals surface area contributed by atoms with Crippen molar-refractivity contribution >= 4 is 35.0 Å². The first-order chi connectivity index (χ1) is 21.8. The standard InChI is InChI=1S/C38H42N2O5/c1-5-25(19-26-17-23(2)36(41)24(3)18-26)11-16-33-34-27(21-44-4)20-31-35(32(34)22-45-33)38(43)40(37(31)42)30-14-12-29(13-15-30)39-28-9-7-6-8-10-28/h6-10,12-15,17-19,31-33,35,39,41H,5,11,16,20-22H2,1-4H3/b25-19+/t31-,32+,33-,35-/m1/s1. The Morgan fingerprint density at radius 3 is 2.36 bits per heavy atom. The van der Waals surface area contributed by atoms with Gasteiger partial charge >= 0.3 is 0 Å². The zero-order valence-electron chi connectivity index (χ0n) is 26.5. The molecule has 6 rings (SSSR count). The van der Waals surface area contributed by atoms with Gasteiger partial charge in [0.25, 0.3) is 0 Å². The van der Waals surface area contributed by atoms with Crippen molar-refractivity contribution in [3.63, 3.8) is 0 Å². The lowest BCUT2D eigenvalue weighted by Gasteiger charge is -2.31. The van der Waals surface area contributed by atoms with Crippen LogP contribution in [0.4, 0.5) is 17.1 Å². The fraction of sp³-hybridized carbons (Fsp3) is 0.368. The predicted octanol–water partition coefficient (Wildman–Crippen LogP) is 7.49. The number of allylic oxidation sites excluding steroid dienone is 1. The number of phenols is 1. The van der Waals surface area contributed by atoms with Crippen LogP contribution in [0.1, 0.15) is 49.3 Å². The molecule has 3 aromatic carbocycles. The third-order valence-electron chi connectivity index (χ3n) is 9.58. The molecule has 1 aliphatic carbocycles. The van der Waals surface area contributed by atoms with Crippen LogP contribution in [-0.4, -0.2) is 43.3 Å². The second-order valence-electron chi connectivity index (χ2n) is 12.5. The van der Waals surface area contributed by atoms with Gasteiger partial charge in [0, 0.05) is 24.4 Å². The van der Waals surface area contributed by atoms with E-state index >= 15 is 0 Å². The maximum Gasteiger partial charge on any atom is 0.238 e. The third-order valence-corrected chi connectivity index (χ3v) is 9.58. The van der Waals surface area contributed by atoms with E-state index < -0.39 is 11.8 Å². The number of nitrogens with zero attached hydrogens (tertiary/aromatic N) is 1. The molecule has 2 heterocycles. The van der Waals surface area contributed by atoms with Gasteiger partial charge in [-0.15, -0.1) is 0 Å². The summed E-state index contributed by atoms with van der Waals surface area (Å²) in [5.41, 5.74) is 8.84. The van der Waals surface area contributed by atoms with E-state index in [4.69, 9.17) is 9.47 Å². The van der Waals surface area contributed by atoms with Gasteiger partial charge in [0.15, 0.2) is 0 Å². The number of carbonyl (C=O) groups is 2. The van der Waals surface area contributed by atoms with Crippen LogP contribution < -0.4 is 10.2 Å². The average Bonchev–Trinajstić information content (AvgIpc) is 3.57. The number of ether oxygens (including phenoxy) is 2. The Hall–Kier alpha value is -4.20. The lowest BCUT2D eigenvalue weighted by atomic mass is 9.69. The fourth-order valence-corrected chi connectivity index (χ4v) is 7.39. The first-order valence-corrected chi connectivity index (χ1v) is 15.9. The second kappa shape index (κ2) is 13.0. The SMILES string of the molecule is CC/C(=C\c1cc(C)c(O)c(C)c1)CC[C@H]1OC[C@H]2C1=C(COC)C[C@H]1C(=O)N(c3ccc(Nc4ccccc4)cc3)C(=O)[C@H]12. The molecule has 2 fully saturated rings. The Bertz CT molecular complexity index is 1620. The number of fused-ring (bicyclic) bond motifs is 3. The summed E-state index contributed by atoms with van der Waals surface area (Å²) in [5, 5.41) is 13.5. The smallest absolute Gasteiger partial charge is 0.238 e. The number of hydrogen-bond donors (Lipinski definition) is 2. The molecule has 45 heavy (non-hydrogen) atoms. The number of phenolic OH excluding ortho intramolecular Hbond substituents is 1. The van der Waals surface area contributed by atoms with Gasteiger partial charge in [-0.2, -0.15) is 0 Å². The number of carbonyl (C=O) groups excluding carboxylic acids is 2. The van der Waals surface area contributed by atoms with E-state index in [1.165, 1.54) is 10.5 Å². The summed E-state index contributed by atoms with van der Waals surface area (Å²) >= 11 is 0. The minimum absolute atomic E-state index is 0.111. The molecular formula is C38H42N2O5. The van der Waals surface area contributed by atoms with E-state index in [0.29, 0.717) is 31.1 Å². The molecule has 2 aliphatic heterocycles. The third kappa shape index (κ3) is 6.07. The van der Waals surface area contributed by atoms with Crippen LogP contribution in [0.15, 0.2) is 83.4 Å². The molecular weight excluding hydrogens is 564 g/mol. The fourth-order valence-electron chi connectivity index (χ4n) is 7.39. The zero-order chi connectivity index (χ0) is 31.7. The number of imide groups is 1. The first kappa shape index (κ1) is 30.8. The minimum atomic E-state index is -0.427. The molecule has 0 spiro atoms. The number of para-hydroxylation sites is 1. The maximum absolute atomic E-state index is 14.0. The lowest BCUT2D eigenvalue weighted by molar-refractivity contribution is -0.122. The van der Waals surface area contributed by atoms with Crippen LogP contribution in [0.3, 0.4) is 0 Å². The van der Waals surface area contributed by atoms with Crippen molar-refractivity contribution < 1.29 is 24.2 Å². The van der Waals surface area contributed by atoms with Crippen molar-refractivity contribution in [2.45, 2.75) is 52.6 Å². The Kier molecular flexibility index (Phi) is 8.92. The number of hydrogen-bond acceptors (Lipinski definition) is 6. The van der Waals surface area contributed by atoms with Crippen LogP contribution in [-0.2, 0) is 19.1 Å². The Morgan fingerprint density at radius 2 is 1.69 bits per heavy atom. The zero-order valence-corrected chi connectivity index (χ0v) is 26.5. The van der Waals surface area contributed by atoms with E-state index in [1.54, 1.807) is 7.11 Å². The lowest BCUT2D eigenvalue weighted by Crippen LogP contribution is -2.35. The predicted molar refractivity (Wildman–Crippen MR) is 177 cm³/mol. The van der Waals surface area contributed by atoms with E-state index in [-0.39, 0.29) is 23.8 Å². The Labute approximate surface area is 265 Å². The van der Waals surface area contributed by atoms with E-state index in [0.717, 1.165) is 58.5 Å². The number of aryl methyl sites for hydroxylation is 2. The molecule has 2 N–H and O–H groups in total. The van der Waals surface area contributed by atoms with Crippen LogP contribution in [0.5, 0.6) is 5.75 Å². The van der Waals surface area contributed by atoms with E-state index in [1.807, 2.05) is 80.6 Å². The highest BCUT2D eigenvalue weighted by atomic mass is 16.5. The molecule has 4 atom stereocenters. The molecule has 0 unspecified atom stereocenters. The highest BCUT2D eigenvalue weighted by Gasteiger charge is 2.57. The summed E-state index contributed by atoms with van der Waals surface area (Å²) in [5.74, 6) is -0.891. The highest BCUT2D eigenvalue weighted by Crippen LogP contribution is 2.50. The van der Waals surface area contributed by atoms with Crippen molar-refractivity contribution in [3.05, 3.63) is 100 Å². The Morgan fingerprint density at radius 1 is 1.00 bits per heavy atom. The summed E-state index contributed by atoms with van der Waals surface area (Å²) < 4.78 is 12.0. The van der Waals surface area contributed by atoms with Gasteiger partial charge in [0.1, 0.15) is 5.75 Å². The molecule has 7 heteroatoms. The largest absolute Gasteiger partial charge is 0.507 e. The quantitative estimate of drug-likeness (QED) is 0.184. The molecule has 2 saturated heterocycles. The van der Waals surface area contributed by atoms with Gasteiger partial charge in [-0.3, -0.25) is 14.5 Å². The first-order valence-electron chi connectivity index (χ1n) is 15.9. The van der Waals surface area contributed by atoms with Gasteiger partial charge in [-0.05, 0) is 116 Å². The van der Waals surface area contributed by atoms with Crippen molar-refractivity contribution in [2.24, 2.45) is 17.8 Å². The highest BCUT2D eigenvalue weighted by molar-refractivity contribution is 6.22. The number of aromatic hydroxyl groups is 1. The summed E-state index contributed by atoms with van der Waals surface area (Å²) in [6.07, 6.45) is 5.18. The van der Waals surface area contributed by atoms with Gasteiger partial charge in [0.2, 0.25) is 11.8 Å². The number of rotatable bonds is 10. The van der Waals surface area contributed by atoms with Gasteiger partial charge in [0.05, 0.1) is 36.8 Å². The molecule has 0 radical (unpaired) electrons. The average molecular weight is 607 g/mol. The number of nitrogens with one attached hydrogen (secondary N) is 1. The van der Waals surface area contributed by atoms with Crippen molar-refractivity contribution in [1.29, 1.82) is 0 Å². The topological polar surface area (TPSA) is 88.1 Å². The summed E-state index contributed by atoms with van der Waals surface area (Å²) in [4.78, 5) is 29.2. The summed E-state index contributed by atoms with van der Waals surface area (Å²) in [6.45, 7) is 6.87. The van der Waals surface area contributed by atoms with Crippen LogP contribution >= 0.6 is 0 Å². The molecule has 0 saturated carbocycles. The maximum atomic E-state index is 14.0. The number of amides is 2. The second-order valence-corrected chi connectivity index (χ2v) is 12.5. The molecule has 2 amide bonds. The van der Waals surface area contributed by atoms with E-state index in [9.17, 15) is 14.7 Å². The molecule has 7 nitrogen and oxygen atoms in total. The van der Waals surface area contributed by atoms with Crippen LogP contribution in [0, 0.1) is 31.6 Å².